The Labute approximate surface area is 153 Å². The number of halogens is 3. The first-order valence-corrected chi connectivity index (χ1v) is 8.35. The van der Waals surface area contributed by atoms with Crippen molar-refractivity contribution < 1.29 is 27.5 Å². The summed E-state index contributed by atoms with van der Waals surface area (Å²) in [6, 6.07) is 9.03. The zero-order chi connectivity index (χ0) is 19.4. The molecular formula is C19H17F3N2O3. The van der Waals surface area contributed by atoms with Crippen LogP contribution in [-0.2, 0) is 9.53 Å². The Morgan fingerprint density at radius 1 is 0.889 bits per heavy atom. The zero-order valence-corrected chi connectivity index (χ0v) is 14.3. The number of rotatable bonds is 4. The van der Waals surface area contributed by atoms with Gasteiger partial charge in [-0.2, -0.15) is 0 Å². The normalized spacial score (nSPS) is 14.2. The maximum absolute atomic E-state index is 13.8. The van der Waals surface area contributed by atoms with Gasteiger partial charge < -0.3 is 14.5 Å². The van der Waals surface area contributed by atoms with Crippen LogP contribution in [-0.4, -0.2) is 49.6 Å². The average Bonchev–Trinajstić information content (AvgIpc) is 2.68. The van der Waals surface area contributed by atoms with Gasteiger partial charge in [0.15, 0.2) is 18.2 Å². The first-order valence-electron chi connectivity index (χ1n) is 8.35. The third-order valence-corrected chi connectivity index (χ3v) is 4.31. The Bertz CT molecular complexity index is 852. The van der Waals surface area contributed by atoms with Crippen LogP contribution >= 0.6 is 0 Å². The van der Waals surface area contributed by atoms with Gasteiger partial charge in [0.2, 0.25) is 0 Å². The molecule has 2 aromatic rings. The summed E-state index contributed by atoms with van der Waals surface area (Å²) >= 11 is 0. The van der Waals surface area contributed by atoms with Gasteiger partial charge in [-0.05, 0) is 30.3 Å². The molecule has 0 saturated carbocycles. The summed E-state index contributed by atoms with van der Waals surface area (Å²) in [5, 5.41) is 0. The third-order valence-electron chi connectivity index (χ3n) is 4.31. The fourth-order valence-corrected chi connectivity index (χ4v) is 2.83. The quantitative estimate of drug-likeness (QED) is 0.768. The maximum Gasteiger partial charge on any atom is 0.338 e. The van der Waals surface area contributed by atoms with Gasteiger partial charge in [-0.15, -0.1) is 0 Å². The van der Waals surface area contributed by atoms with E-state index in [9.17, 15) is 22.8 Å². The topological polar surface area (TPSA) is 49.9 Å². The number of carbonyl (C=O) groups is 2. The number of hydrogen-bond acceptors (Lipinski definition) is 4. The molecule has 1 fully saturated rings. The standard InChI is InChI=1S/C19H17F3N2O3/c20-14-6-5-13(11-16(14)22)19(26)27-12-18(25)24-9-7-23(8-10-24)17-4-2-1-3-15(17)21/h1-6,11H,7-10,12H2. The molecule has 0 N–H and O–H groups in total. The molecule has 5 nitrogen and oxygen atoms in total. The van der Waals surface area contributed by atoms with Crippen molar-refractivity contribution in [3.8, 4) is 0 Å². The number of hydrogen-bond donors (Lipinski definition) is 0. The van der Waals surface area contributed by atoms with Gasteiger partial charge in [0.05, 0.1) is 11.3 Å². The second-order valence-electron chi connectivity index (χ2n) is 6.02. The van der Waals surface area contributed by atoms with Crippen molar-refractivity contribution >= 4 is 17.6 Å². The van der Waals surface area contributed by atoms with E-state index < -0.39 is 30.1 Å². The van der Waals surface area contributed by atoms with Gasteiger partial charge in [0, 0.05) is 26.2 Å². The molecule has 3 rings (SSSR count). The molecule has 0 aliphatic carbocycles. The fraction of sp³-hybridized carbons (Fsp3) is 0.263. The highest BCUT2D eigenvalue weighted by molar-refractivity contribution is 5.91. The molecule has 0 spiro atoms. The molecule has 2 aromatic carbocycles. The van der Waals surface area contributed by atoms with E-state index in [-0.39, 0.29) is 11.4 Å². The average molecular weight is 378 g/mol. The van der Waals surface area contributed by atoms with E-state index in [4.69, 9.17) is 4.74 Å². The highest BCUT2D eigenvalue weighted by Gasteiger charge is 2.23. The minimum absolute atomic E-state index is 0.175. The van der Waals surface area contributed by atoms with Gasteiger partial charge in [-0.3, -0.25) is 4.79 Å². The van der Waals surface area contributed by atoms with E-state index in [2.05, 4.69) is 0 Å². The molecule has 27 heavy (non-hydrogen) atoms. The van der Waals surface area contributed by atoms with Crippen LogP contribution < -0.4 is 4.90 Å². The SMILES string of the molecule is O=C(OCC(=O)N1CCN(c2ccccc2F)CC1)c1ccc(F)c(F)c1. The number of ether oxygens (including phenoxy) is 1. The molecule has 1 amide bonds. The Morgan fingerprint density at radius 3 is 2.26 bits per heavy atom. The third kappa shape index (κ3) is 4.39. The summed E-state index contributed by atoms with van der Waals surface area (Å²) in [5.41, 5.74) is 0.306. The molecule has 0 unspecified atom stereocenters. The van der Waals surface area contributed by atoms with Crippen molar-refractivity contribution in [2.75, 3.05) is 37.7 Å². The second kappa shape index (κ2) is 8.11. The molecule has 1 heterocycles. The van der Waals surface area contributed by atoms with Crippen LogP contribution in [0.1, 0.15) is 10.4 Å². The van der Waals surface area contributed by atoms with E-state index >= 15 is 0 Å². The Hall–Kier alpha value is -3.03. The van der Waals surface area contributed by atoms with Crippen molar-refractivity contribution in [1.29, 1.82) is 0 Å². The Balaban J connectivity index is 1.50. The van der Waals surface area contributed by atoms with Gasteiger partial charge in [0.1, 0.15) is 5.82 Å². The van der Waals surface area contributed by atoms with E-state index in [1.807, 2.05) is 4.90 Å². The first kappa shape index (κ1) is 18.8. The molecule has 0 atom stereocenters. The number of benzene rings is 2. The minimum Gasteiger partial charge on any atom is -0.452 e. The minimum atomic E-state index is -1.17. The van der Waals surface area contributed by atoms with Gasteiger partial charge in [-0.1, -0.05) is 12.1 Å². The lowest BCUT2D eigenvalue weighted by Gasteiger charge is -2.36. The van der Waals surface area contributed by atoms with E-state index in [1.165, 1.54) is 11.0 Å². The lowest BCUT2D eigenvalue weighted by molar-refractivity contribution is -0.134. The van der Waals surface area contributed by atoms with Crippen LogP contribution in [0.25, 0.3) is 0 Å². The number of anilines is 1. The molecule has 0 bridgehead atoms. The monoisotopic (exact) mass is 378 g/mol. The molecule has 142 valence electrons. The Kier molecular flexibility index (Phi) is 5.63. The first-order chi connectivity index (χ1) is 13.0. The molecule has 1 aliphatic heterocycles. The van der Waals surface area contributed by atoms with E-state index in [1.54, 1.807) is 18.2 Å². The van der Waals surface area contributed by atoms with E-state index in [0.717, 1.165) is 18.2 Å². The van der Waals surface area contributed by atoms with Crippen molar-refractivity contribution in [3.63, 3.8) is 0 Å². The van der Waals surface area contributed by atoms with Crippen LogP contribution in [0.2, 0.25) is 0 Å². The van der Waals surface area contributed by atoms with E-state index in [0.29, 0.717) is 31.9 Å². The summed E-state index contributed by atoms with van der Waals surface area (Å²) in [4.78, 5) is 27.4. The number of esters is 1. The number of nitrogens with zero attached hydrogens (tertiary/aromatic N) is 2. The largest absolute Gasteiger partial charge is 0.452 e. The highest BCUT2D eigenvalue weighted by atomic mass is 19.2. The van der Waals surface area contributed by atoms with Gasteiger partial charge >= 0.3 is 5.97 Å². The number of piperazine rings is 1. The van der Waals surface area contributed by atoms with Crippen LogP contribution in [0.4, 0.5) is 18.9 Å². The molecule has 0 radical (unpaired) electrons. The maximum atomic E-state index is 13.8. The fourth-order valence-electron chi connectivity index (χ4n) is 2.83. The second-order valence-corrected chi connectivity index (χ2v) is 6.02. The molecular weight excluding hydrogens is 361 g/mol. The number of carbonyl (C=O) groups excluding carboxylic acids is 2. The van der Waals surface area contributed by atoms with Crippen LogP contribution in [0.3, 0.4) is 0 Å². The Morgan fingerprint density at radius 2 is 1.59 bits per heavy atom. The lowest BCUT2D eigenvalue weighted by atomic mass is 10.2. The predicted octanol–water partition coefficient (Wildman–Crippen LogP) is 2.61. The van der Waals surface area contributed by atoms with Crippen molar-refractivity contribution in [2.45, 2.75) is 0 Å². The van der Waals surface area contributed by atoms with Crippen LogP contribution in [0.15, 0.2) is 42.5 Å². The smallest absolute Gasteiger partial charge is 0.338 e. The summed E-state index contributed by atoms with van der Waals surface area (Å²) < 4.78 is 44.7. The molecule has 0 aromatic heterocycles. The number of para-hydroxylation sites is 1. The van der Waals surface area contributed by atoms with Crippen molar-refractivity contribution in [1.82, 2.24) is 4.90 Å². The van der Waals surface area contributed by atoms with Crippen molar-refractivity contribution in [3.05, 3.63) is 65.5 Å². The predicted molar refractivity (Wildman–Crippen MR) is 91.8 cm³/mol. The lowest BCUT2D eigenvalue weighted by Crippen LogP contribution is -2.50. The zero-order valence-electron chi connectivity index (χ0n) is 14.3. The summed E-state index contributed by atoms with van der Waals surface area (Å²) in [6.07, 6.45) is 0. The van der Waals surface area contributed by atoms with Gasteiger partial charge in [-0.25, -0.2) is 18.0 Å². The summed E-state index contributed by atoms with van der Waals surface area (Å²) in [7, 11) is 0. The molecule has 1 aliphatic rings. The number of amides is 1. The highest BCUT2D eigenvalue weighted by Crippen LogP contribution is 2.20. The molecule has 1 saturated heterocycles. The van der Waals surface area contributed by atoms with Crippen molar-refractivity contribution in [2.24, 2.45) is 0 Å². The van der Waals surface area contributed by atoms with Gasteiger partial charge in [0.25, 0.3) is 5.91 Å². The van der Waals surface area contributed by atoms with Crippen LogP contribution in [0.5, 0.6) is 0 Å². The summed E-state index contributed by atoms with van der Waals surface area (Å²) in [5.74, 6) is -3.88. The molecule has 8 heteroatoms. The summed E-state index contributed by atoms with van der Waals surface area (Å²) in [6.45, 7) is 1.11. The van der Waals surface area contributed by atoms with Crippen LogP contribution in [0, 0.1) is 17.5 Å².